The summed E-state index contributed by atoms with van der Waals surface area (Å²) in [4.78, 5) is 11.9. The van der Waals surface area contributed by atoms with E-state index in [1.165, 1.54) is 25.3 Å². The molecule has 0 fully saturated rings. The van der Waals surface area contributed by atoms with E-state index in [1.807, 2.05) is 0 Å². The number of anilines is 1. The van der Waals surface area contributed by atoms with Crippen LogP contribution in [0.4, 0.5) is 10.1 Å². The van der Waals surface area contributed by atoms with Gasteiger partial charge in [0.1, 0.15) is 17.3 Å². The Balaban J connectivity index is 1.97. The minimum absolute atomic E-state index is 0.139. The number of nitrogens with one attached hydrogen (secondary N) is 1. The molecule has 2 rings (SSSR count). The second-order valence-corrected chi connectivity index (χ2v) is 6.64. The smallest absolute Gasteiger partial charge is 0.237 e. The van der Waals surface area contributed by atoms with E-state index in [2.05, 4.69) is 5.32 Å². The van der Waals surface area contributed by atoms with Gasteiger partial charge in [0, 0.05) is 27.1 Å². The van der Waals surface area contributed by atoms with E-state index >= 15 is 0 Å². The predicted octanol–water partition coefficient (Wildman–Crippen LogP) is 3.38. The van der Waals surface area contributed by atoms with Crippen LogP contribution in [0.1, 0.15) is 5.56 Å². The fourth-order valence-electron chi connectivity index (χ4n) is 1.99. The average Bonchev–Trinajstić information content (AvgIpc) is 2.47. The van der Waals surface area contributed by atoms with Gasteiger partial charge in [-0.1, -0.05) is 17.7 Å². The quantitative estimate of drug-likeness (QED) is 0.864. The van der Waals surface area contributed by atoms with Crippen LogP contribution in [0, 0.1) is 5.82 Å². The number of halogens is 2. The van der Waals surface area contributed by atoms with Crippen molar-refractivity contribution >= 4 is 34.0 Å². The highest BCUT2D eigenvalue weighted by molar-refractivity contribution is 7.85. The summed E-state index contributed by atoms with van der Waals surface area (Å²) >= 11 is 5.92. The molecule has 0 heterocycles. The molecular weight excluding hydrogens is 341 g/mol. The molecule has 4 nitrogen and oxygen atoms in total. The molecule has 0 aliphatic rings. The molecular formula is C16H15ClFNO3S. The van der Waals surface area contributed by atoms with E-state index < -0.39 is 22.5 Å². The molecule has 2 aromatic rings. The van der Waals surface area contributed by atoms with Gasteiger partial charge < -0.3 is 10.1 Å². The molecule has 1 atom stereocenters. The monoisotopic (exact) mass is 355 g/mol. The van der Waals surface area contributed by atoms with Crippen molar-refractivity contribution in [2.75, 3.05) is 18.2 Å². The van der Waals surface area contributed by atoms with Gasteiger partial charge in [-0.2, -0.15) is 0 Å². The maximum Gasteiger partial charge on any atom is 0.237 e. The first-order valence-electron chi connectivity index (χ1n) is 6.70. The van der Waals surface area contributed by atoms with E-state index in [0.29, 0.717) is 22.0 Å². The highest BCUT2D eigenvalue weighted by atomic mass is 35.5. The summed E-state index contributed by atoms with van der Waals surface area (Å²) in [7, 11) is 0.0616. The molecule has 1 amide bonds. The van der Waals surface area contributed by atoms with Gasteiger partial charge in [0.05, 0.1) is 12.9 Å². The summed E-state index contributed by atoms with van der Waals surface area (Å²) in [6.07, 6.45) is 0. The van der Waals surface area contributed by atoms with Crippen LogP contribution < -0.4 is 10.1 Å². The third kappa shape index (κ3) is 5.33. The molecule has 0 spiro atoms. The molecule has 0 aliphatic heterocycles. The van der Waals surface area contributed by atoms with Crippen LogP contribution in [0.3, 0.4) is 0 Å². The van der Waals surface area contributed by atoms with Crippen molar-refractivity contribution in [2.24, 2.45) is 0 Å². The molecule has 0 aromatic heterocycles. The van der Waals surface area contributed by atoms with E-state index in [9.17, 15) is 13.4 Å². The Morgan fingerprint density at radius 3 is 2.78 bits per heavy atom. The number of benzene rings is 2. The number of amides is 1. The number of carbonyl (C=O) groups excluding carboxylic acids is 1. The lowest BCUT2D eigenvalue weighted by Gasteiger charge is -2.09. The Labute approximate surface area is 141 Å². The van der Waals surface area contributed by atoms with Crippen molar-refractivity contribution in [3.63, 3.8) is 0 Å². The van der Waals surface area contributed by atoms with E-state index in [1.54, 1.807) is 24.3 Å². The lowest BCUT2D eigenvalue weighted by atomic mass is 10.2. The van der Waals surface area contributed by atoms with Crippen LogP contribution in [0.5, 0.6) is 5.75 Å². The summed E-state index contributed by atoms with van der Waals surface area (Å²) < 4.78 is 30.4. The largest absolute Gasteiger partial charge is 0.496 e. The minimum Gasteiger partial charge on any atom is -0.496 e. The van der Waals surface area contributed by atoms with Crippen LogP contribution in [-0.4, -0.2) is 23.0 Å². The molecule has 1 N–H and O–H groups in total. The Bertz CT molecular complexity index is 739. The van der Waals surface area contributed by atoms with Crippen LogP contribution in [0.25, 0.3) is 0 Å². The molecule has 122 valence electrons. The van der Waals surface area contributed by atoms with Gasteiger partial charge >= 0.3 is 0 Å². The number of carbonyl (C=O) groups is 1. The summed E-state index contributed by atoms with van der Waals surface area (Å²) in [5, 5.41) is 3.01. The SMILES string of the molecule is COc1ccc(Cl)cc1C[S@@](=O)CC(=O)Nc1cccc(F)c1. The lowest BCUT2D eigenvalue weighted by molar-refractivity contribution is -0.113. The van der Waals surface area contributed by atoms with Crippen molar-refractivity contribution in [1.82, 2.24) is 0 Å². The number of hydrogen-bond acceptors (Lipinski definition) is 3. The summed E-state index contributed by atoms with van der Waals surface area (Å²) in [5.41, 5.74) is 0.990. The van der Waals surface area contributed by atoms with Crippen LogP contribution in [0.15, 0.2) is 42.5 Å². The number of ether oxygens (including phenoxy) is 1. The molecule has 0 radical (unpaired) electrons. The fourth-order valence-corrected chi connectivity index (χ4v) is 3.23. The Hall–Kier alpha value is -1.92. The topological polar surface area (TPSA) is 55.4 Å². The molecule has 0 unspecified atom stereocenters. The Kier molecular flexibility index (Phi) is 6.12. The molecule has 0 aliphatic carbocycles. The summed E-state index contributed by atoms with van der Waals surface area (Å²) in [6, 6.07) is 10.5. The normalized spacial score (nSPS) is 11.8. The fraction of sp³-hybridized carbons (Fsp3) is 0.188. The zero-order chi connectivity index (χ0) is 16.8. The molecule has 7 heteroatoms. The van der Waals surface area contributed by atoms with Crippen LogP contribution >= 0.6 is 11.6 Å². The van der Waals surface area contributed by atoms with Crippen molar-refractivity contribution in [1.29, 1.82) is 0 Å². The van der Waals surface area contributed by atoms with Gasteiger partial charge in [-0.3, -0.25) is 9.00 Å². The Morgan fingerprint density at radius 2 is 2.09 bits per heavy atom. The number of rotatable bonds is 6. The molecule has 0 bridgehead atoms. The van der Waals surface area contributed by atoms with Crippen molar-refractivity contribution in [3.05, 3.63) is 58.9 Å². The third-order valence-electron chi connectivity index (χ3n) is 2.96. The van der Waals surface area contributed by atoms with E-state index in [4.69, 9.17) is 16.3 Å². The van der Waals surface area contributed by atoms with Crippen LogP contribution in [-0.2, 0) is 21.3 Å². The Morgan fingerprint density at radius 1 is 1.30 bits per heavy atom. The highest BCUT2D eigenvalue weighted by Crippen LogP contribution is 2.24. The first kappa shape index (κ1) is 17.4. The maximum atomic E-state index is 13.1. The van der Waals surface area contributed by atoms with Gasteiger partial charge in [0.25, 0.3) is 0 Å². The van der Waals surface area contributed by atoms with Gasteiger partial charge in [-0.15, -0.1) is 0 Å². The zero-order valence-electron chi connectivity index (χ0n) is 12.3. The first-order valence-corrected chi connectivity index (χ1v) is 8.57. The van der Waals surface area contributed by atoms with Crippen LogP contribution in [0.2, 0.25) is 5.02 Å². The minimum atomic E-state index is -1.44. The average molecular weight is 356 g/mol. The van der Waals surface area contributed by atoms with Gasteiger partial charge in [0.2, 0.25) is 5.91 Å². The summed E-state index contributed by atoms with van der Waals surface area (Å²) in [5.74, 6) is -0.400. The predicted molar refractivity (Wildman–Crippen MR) is 89.7 cm³/mol. The molecule has 23 heavy (non-hydrogen) atoms. The standard InChI is InChI=1S/C16H15ClFNO3S/c1-22-15-6-5-12(17)7-11(15)9-23(21)10-16(20)19-14-4-2-3-13(18)8-14/h2-8H,9-10H2,1H3,(H,19,20)/t23-/m1/s1. The van der Waals surface area contributed by atoms with Crippen molar-refractivity contribution in [2.45, 2.75) is 5.75 Å². The maximum absolute atomic E-state index is 13.1. The van der Waals surface area contributed by atoms with E-state index in [-0.39, 0.29) is 11.5 Å². The molecule has 0 saturated carbocycles. The second-order valence-electron chi connectivity index (χ2n) is 4.74. The van der Waals surface area contributed by atoms with Gasteiger partial charge in [-0.25, -0.2) is 4.39 Å². The highest BCUT2D eigenvalue weighted by Gasteiger charge is 2.12. The third-order valence-corrected chi connectivity index (χ3v) is 4.41. The molecule has 0 saturated heterocycles. The first-order chi connectivity index (χ1) is 11.0. The number of methoxy groups -OCH3 is 1. The van der Waals surface area contributed by atoms with Gasteiger partial charge in [0.15, 0.2) is 0 Å². The number of hydrogen-bond donors (Lipinski definition) is 1. The zero-order valence-corrected chi connectivity index (χ0v) is 13.9. The lowest BCUT2D eigenvalue weighted by Crippen LogP contribution is -2.20. The van der Waals surface area contributed by atoms with Gasteiger partial charge in [-0.05, 0) is 36.4 Å². The van der Waals surface area contributed by atoms with Crippen molar-refractivity contribution < 1.29 is 18.1 Å². The molecule has 2 aromatic carbocycles. The van der Waals surface area contributed by atoms with E-state index in [0.717, 1.165) is 0 Å². The summed E-state index contributed by atoms with van der Waals surface area (Å²) in [6.45, 7) is 0. The second kappa shape index (κ2) is 8.08. The van der Waals surface area contributed by atoms with Crippen molar-refractivity contribution in [3.8, 4) is 5.75 Å².